The van der Waals surface area contributed by atoms with Gasteiger partial charge >= 0.3 is 6.16 Å². The van der Waals surface area contributed by atoms with Crippen LogP contribution in [0, 0.1) is 11.8 Å². The van der Waals surface area contributed by atoms with Crippen LogP contribution >= 0.6 is 0 Å². The van der Waals surface area contributed by atoms with Gasteiger partial charge in [-0.15, -0.1) is 0 Å². The maximum absolute atomic E-state index is 15.9. The first kappa shape index (κ1) is 41.9. The van der Waals surface area contributed by atoms with Gasteiger partial charge in [-0.1, -0.05) is 69.3 Å². The minimum absolute atomic E-state index is 0.0176. The number of rotatable bonds is 10. The number of carbonyl (C=O) groups is 3. The first-order valence-corrected chi connectivity index (χ1v) is 23.9. The SMILES string of the molecule is CN(C)[C@@H]1c2onc(OCc3ccccc3)c2C(=O)[C@@]2(O[Si](C)(C)C(C)(C)C)C(=O)C3=C(O)c4c(cc5c(CNC6CC6)cccc5c4OC(=O)OC(C)(C)C)C[C@H]3C[C@@H]12. The number of nitrogens with one attached hydrogen (secondary N) is 1. The van der Waals surface area contributed by atoms with Crippen molar-refractivity contribution in [3.8, 4) is 11.6 Å². The molecule has 12 nitrogen and oxygen atoms in total. The number of carbonyl (C=O) groups excluding carboxylic acids is 3. The molecule has 0 aliphatic heterocycles. The van der Waals surface area contributed by atoms with E-state index in [0.717, 1.165) is 34.9 Å². The lowest BCUT2D eigenvalue weighted by atomic mass is 9.57. The lowest BCUT2D eigenvalue weighted by Crippen LogP contribution is -2.68. The molecule has 13 heteroatoms. The van der Waals surface area contributed by atoms with Crippen molar-refractivity contribution in [3.05, 3.63) is 93.7 Å². The molecule has 1 heterocycles. The molecule has 1 aromatic heterocycles. The minimum Gasteiger partial charge on any atom is -0.507 e. The van der Waals surface area contributed by atoms with Gasteiger partial charge in [0.15, 0.2) is 25.4 Å². The molecule has 2 N–H and O–H groups in total. The highest BCUT2D eigenvalue weighted by atomic mass is 28.4. The van der Waals surface area contributed by atoms with Crippen LogP contribution in [0.15, 0.2) is 64.7 Å². The van der Waals surface area contributed by atoms with E-state index < -0.39 is 60.2 Å². The lowest BCUT2D eigenvalue weighted by Gasteiger charge is -2.55. The molecule has 2 saturated carbocycles. The van der Waals surface area contributed by atoms with E-state index in [9.17, 15) is 9.90 Å². The fourth-order valence-electron chi connectivity index (χ4n) is 8.95. The number of aromatic nitrogens is 1. The lowest BCUT2D eigenvalue weighted by molar-refractivity contribution is -0.140. The number of ether oxygens (including phenoxy) is 3. The molecule has 0 bridgehead atoms. The first-order valence-electron chi connectivity index (χ1n) is 21.0. The number of hydrogen-bond acceptors (Lipinski definition) is 12. The maximum atomic E-state index is 15.9. The fourth-order valence-corrected chi connectivity index (χ4v) is 10.4. The summed E-state index contributed by atoms with van der Waals surface area (Å²) in [7, 11) is 0.825. The van der Waals surface area contributed by atoms with Crippen molar-refractivity contribution in [3.63, 3.8) is 0 Å². The molecule has 0 spiro atoms. The van der Waals surface area contributed by atoms with Crippen molar-refractivity contribution >= 4 is 42.6 Å². The van der Waals surface area contributed by atoms with Crippen LogP contribution in [0.4, 0.5) is 4.79 Å². The van der Waals surface area contributed by atoms with Crippen LogP contribution in [0.2, 0.25) is 18.1 Å². The van der Waals surface area contributed by atoms with Crippen molar-refractivity contribution in [2.75, 3.05) is 14.1 Å². The van der Waals surface area contributed by atoms with Gasteiger partial charge in [-0.05, 0) is 118 Å². The molecule has 0 amide bonds. The highest BCUT2D eigenvalue weighted by molar-refractivity contribution is 6.74. The normalized spacial score (nSPS) is 22.9. The Bertz CT molecular complexity index is 2400. The van der Waals surface area contributed by atoms with Gasteiger partial charge in [-0.2, -0.15) is 0 Å². The van der Waals surface area contributed by atoms with E-state index >= 15 is 9.59 Å². The van der Waals surface area contributed by atoms with Crippen LogP contribution in [-0.2, 0) is 33.5 Å². The monoisotopic (exact) mass is 835 g/mol. The zero-order valence-electron chi connectivity index (χ0n) is 36.4. The van der Waals surface area contributed by atoms with Crippen LogP contribution in [0.3, 0.4) is 0 Å². The van der Waals surface area contributed by atoms with Crippen molar-refractivity contribution in [1.82, 2.24) is 15.4 Å². The smallest absolute Gasteiger partial charge is 0.507 e. The summed E-state index contributed by atoms with van der Waals surface area (Å²) in [5.41, 5.74) is 0.0451. The van der Waals surface area contributed by atoms with Gasteiger partial charge in [-0.3, -0.25) is 14.5 Å². The average Bonchev–Trinajstić information content (AvgIpc) is 3.90. The van der Waals surface area contributed by atoms with E-state index in [0.29, 0.717) is 36.6 Å². The number of aliphatic hydroxyl groups is 1. The van der Waals surface area contributed by atoms with Gasteiger partial charge in [-0.25, -0.2) is 4.79 Å². The molecule has 318 valence electrons. The zero-order valence-corrected chi connectivity index (χ0v) is 37.4. The second kappa shape index (κ2) is 15.0. The third-order valence-corrected chi connectivity index (χ3v) is 17.4. The number of nitrogens with zero attached hydrogens (tertiary/aromatic N) is 2. The number of benzene rings is 3. The number of aliphatic hydroxyl groups excluding tert-OH is 1. The van der Waals surface area contributed by atoms with Gasteiger partial charge in [0.25, 0.3) is 5.88 Å². The van der Waals surface area contributed by atoms with Crippen molar-refractivity contribution in [1.29, 1.82) is 0 Å². The second-order valence-electron chi connectivity index (χ2n) is 19.6. The summed E-state index contributed by atoms with van der Waals surface area (Å²) in [5.74, 6) is -2.37. The van der Waals surface area contributed by atoms with Crippen molar-refractivity contribution in [2.45, 2.75) is 122 Å². The topological polar surface area (TPSA) is 150 Å². The molecule has 4 aromatic rings. The van der Waals surface area contributed by atoms with Gasteiger partial charge in [0.05, 0.1) is 11.6 Å². The van der Waals surface area contributed by atoms with Gasteiger partial charge in [0.1, 0.15) is 23.5 Å². The molecule has 3 aromatic carbocycles. The summed E-state index contributed by atoms with van der Waals surface area (Å²) >= 11 is 0. The fraction of sp³-hybridized carbons (Fsp3) is 0.489. The summed E-state index contributed by atoms with van der Waals surface area (Å²) < 4.78 is 31.3. The Morgan fingerprint density at radius 1 is 0.983 bits per heavy atom. The molecule has 60 heavy (non-hydrogen) atoms. The summed E-state index contributed by atoms with van der Waals surface area (Å²) in [5, 5.41) is 21.6. The Morgan fingerprint density at radius 3 is 2.35 bits per heavy atom. The number of hydrogen-bond donors (Lipinski definition) is 2. The van der Waals surface area contributed by atoms with Crippen LogP contribution in [0.5, 0.6) is 11.6 Å². The van der Waals surface area contributed by atoms with E-state index in [1.165, 1.54) is 0 Å². The molecule has 0 radical (unpaired) electrons. The highest BCUT2D eigenvalue weighted by Crippen LogP contribution is 2.59. The van der Waals surface area contributed by atoms with Gasteiger partial charge in [0.2, 0.25) is 11.6 Å². The molecule has 4 aliphatic carbocycles. The van der Waals surface area contributed by atoms with E-state index in [2.05, 4.69) is 31.2 Å². The summed E-state index contributed by atoms with van der Waals surface area (Å²) in [6.45, 7) is 16.2. The quantitative estimate of drug-likeness (QED) is 0.0679. The Hall–Kier alpha value is -4.82. The predicted molar refractivity (Wildman–Crippen MR) is 230 cm³/mol. The summed E-state index contributed by atoms with van der Waals surface area (Å²) in [6, 6.07) is 17.2. The van der Waals surface area contributed by atoms with Crippen LogP contribution in [-0.4, -0.2) is 72.5 Å². The molecular weight excluding hydrogens is 779 g/mol. The molecule has 4 atom stereocenters. The Morgan fingerprint density at radius 2 is 1.70 bits per heavy atom. The maximum Gasteiger partial charge on any atom is 0.514 e. The minimum atomic E-state index is -2.96. The zero-order chi connectivity index (χ0) is 43.1. The van der Waals surface area contributed by atoms with E-state index in [4.69, 9.17) is 23.2 Å². The largest absolute Gasteiger partial charge is 0.514 e. The highest BCUT2D eigenvalue weighted by Gasteiger charge is 2.69. The van der Waals surface area contributed by atoms with Crippen LogP contribution in [0.25, 0.3) is 16.5 Å². The molecule has 0 saturated heterocycles. The Labute approximate surface area is 352 Å². The Balaban J connectivity index is 1.32. The standard InChI is InChI=1S/C47H57N3O9Si/c1-45(2,3)57-44(54)56-39-31-18-14-17-27(24-48-30-19-20-30)32(31)22-28-21-29-23-33-37(50(7)8)40-36(43(49-58-40)55-25-26-15-12-11-13-16-26)42(53)47(33,59-60(9,10)46(4,5)6)41(52)35(29)38(51)34(28)39/h11-18,22,29-30,33,37,48,51H,19-21,23-25H2,1-10H3/t29-,33-,37-,47-/m0/s1. The van der Waals surface area contributed by atoms with Crippen LogP contribution < -0.4 is 14.8 Å². The summed E-state index contributed by atoms with van der Waals surface area (Å²) in [6.07, 6.45) is 1.95. The Kier molecular flexibility index (Phi) is 10.4. The second-order valence-corrected chi connectivity index (χ2v) is 24.4. The van der Waals surface area contributed by atoms with E-state index in [1.54, 1.807) is 20.8 Å². The van der Waals surface area contributed by atoms with Crippen molar-refractivity contribution in [2.24, 2.45) is 11.8 Å². The third-order valence-electron chi connectivity index (χ3n) is 12.9. The predicted octanol–water partition coefficient (Wildman–Crippen LogP) is 9.26. The molecule has 2 fully saturated rings. The summed E-state index contributed by atoms with van der Waals surface area (Å²) in [4.78, 5) is 47.0. The third kappa shape index (κ3) is 7.26. The van der Waals surface area contributed by atoms with Crippen LogP contribution in [0.1, 0.15) is 105 Å². The number of ketones is 2. The number of Topliss-reactive ketones (excluding diaryl/α,β-unsaturated/α-hetero) is 2. The molecule has 4 aliphatic rings. The van der Waals surface area contributed by atoms with E-state index in [-0.39, 0.29) is 40.7 Å². The van der Waals surface area contributed by atoms with E-state index in [1.807, 2.05) is 86.7 Å². The molecular formula is C47H57N3O9Si. The molecule has 0 unspecified atom stereocenters. The molecule has 8 rings (SSSR count). The first-order chi connectivity index (χ1) is 28.2. The number of fused-ring (bicyclic) bond motifs is 5. The average molecular weight is 836 g/mol. The van der Waals surface area contributed by atoms with Gasteiger partial charge in [0, 0.05) is 29.5 Å². The van der Waals surface area contributed by atoms with Crippen molar-refractivity contribution < 1.29 is 42.6 Å². The van der Waals surface area contributed by atoms with Gasteiger partial charge < -0.3 is 33.6 Å².